The van der Waals surface area contributed by atoms with Crippen molar-refractivity contribution in [3.05, 3.63) is 59.2 Å². The number of nitrogens with one attached hydrogen (secondary N) is 2. The van der Waals surface area contributed by atoms with E-state index in [4.69, 9.17) is 5.73 Å². The minimum atomic E-state index is -0.929. The Bertz CT molecular complexity index is 1010. The minimum absolute atomic E-state index is 0.152. The van der Waals surface area contributed by atoms with Gasteiger partial charge in [0.05, 0.1) is 23.5 Å². The molecule has 0 aromatic heterocycles. The Morgan fingerprint density at radius 1 is 1.28 bits per heavy atom. The first-order valence-electron chi connectivity index (χ1n) is 10.7. The fourth-order valence-electron chi connectivity index (χ4n) is 4.10. The average Bonchev–Trinajstić information content (AvgIpc) is 3.29. The molecule has 2 aromatic carbocycles. The molecular weight excluding hydrogens is 416 g/mol. The summed E-state index contributed by atoms with van der Waals surface area (Å²) in [6, 6.07) is 8.05. The first-order valence-corrected chi connectivity index (χ1v) is 10.7. The Morgan fingerprint density at radius 3 is 2.75 bits per heavy atom. The van der Waals surface area contributed by atoms with Gasteiger partial charge < -0.3 is 26.5 Å². The van der Waals surface area contributed by atoms with Crippen LogP contribution in [0, 0.1) is 11.6 Å². The molecule has 0 radical (unpaired) electrons. The van der Waals surface area contributed by atoms with E-state index in [1.54, 1.807) is 24.4 Å². The van der Waals surface area contributed by atoms with Crippen molar-refractivity contribution in [1.82, 2.24) is 5.43 Å². The number of carbonyl (C=O) groups is 1. The maximum absolute atomic E-state index is 15.0. The van der Waals surface area contributed by atoms with E-state index in [0.29, 0.717) is 55.0 Å². The van der Waals surface area contributed by atoms with Crippen molar-refractivity contribution in [2.24, 2.45) is 10.8 Å². The van der Waals surface area contributed by atoms with E-state index >= 15 is 0 Å². The number of nitrogens with zero attached hydrogens (tertiary/aromatic N) is 2. The third-order valence-corrected chi connectivity index (χ3v) is 5.92. The topological polar surface area (TPSA) is 103 Å². The maximum Gasteiger partial charge on any atom is 0.241 e. The molecule has 2 heterocycles. The van der Waals surface area contributed by atoms with E-state index in [0.717, 1.165) is 0 Å². The van der Waals surface area contributed by atoms with Gasteiger partial charge in [0.15, 0.2) is 0 Å². The smallest absolute Gasteiger partial charge is 0.241 e. The summed E-state index contributed by atoms with van der Waals surface area (Å²) in [6.45, 7) is 1.67. The Labute approximate surface area is 185 Å². The number of halogens is 2. The zero-order valence-electron chi connectivity index (χ0n) is 17.6. The van der Waals surface area contributed by atoms with Gasteiger partial charge in [0.2, 0.25) is 5.91 Å². The summed E-state index contributed by atoms with van der Waals surface area (Å²) in [4.78, 5) is 14.8. The van der Waals surface area contributed by atoms with E-state index in [-0.39, 0.29) is 18.4 Å². The number of nitrogens with two attached hydrogens (primary N) is 1. The Kier molecular flexibility index (Phi) is 6.66. The molecule has 0 bridgehead atoms. The lowest BCUT2D eigenvalue weighted by Gasteiger charge is -2.33. The van der Waals surface area contributed by atoms with E-state index < -0.39 is 23.6 Å². The maximum atomic E-state index is 15.0. The monoisotopic (exact) mass is 443 g/mol. The lowest BCUT2D eigenvalue weighted by atomic mass is 9.97. The van der Waals surface area contributed by atoms with Gasteiger partial charge in [-0.1, -0.05) is 12.1 Å². The third-order valence-electron chi connectivity index (χ3n) is 5.92. The van der Waals surface area contributed by atoms with Gasteiger partial charge in [0.25, 0.3) is 0 Å². The summed E-state index contributed by atoms with van der Waals surface area (Å²) in [7, 11) is 0. The number of aliphatic hydroxyl groups is 1. The molecule has 1 saturated heterocycles. The molecule has 32 heavy (non-hydrogen) atoms. The van der Waals surface area contributed by atoms with E-state index in [1.807, 2.05) is 4.90 Å². The number of hydrazone groups is 1. The van der Waals surface area contributed by atoms with Crippen molar-refractivity contribution < 1.29 is 18.7 Å². The molecule has 0 saturated carbocycles. The van der Waals surface area contributed by atoms with Crippen LogP contribution in [0.15, 0.2) is 41.5 Å². The van der Waals surface area contributed by atoms with Crippen molar-refractivity contribution >= 4 is 23.5 Å². The van der Waals surface area contributed by atoms with Crippen LogP contribution in [-0.2, 0) is 11.2 Å². The average molecular weight is 443 g/mol. The molecule has 170 valence electrons. The predicted octanol–water partition coefficient (Wildman–Crippen LogP) is 2.11. The van der Waals surface area contributed by atoms with Crippen LogP contribution in [0.25, 0.3) is 0 Å². The number of carbonyl (C=O) groups excluding carboxylic acids is 1. The van der Waals surface area contributed by atoms with E-state index in [2.05, 4.69) is 15.8 Å². The van der Waals surface area contributed by atoms with Gasteiger partial charge in [-0.2, -0.15) is 5.10 Å². The molecule has 2 aromatic rings. The van der Waals surface area contributed by atoms with Crippen molar-refractivity contribution in [3.8, 4) is 0 Å². The Balaban J connectivity index is 1.57. The molecule has 2 aliphatic heterocycles. The number of amides is 1. The highest BCUT2D eigenvalue weighted by atomic mass is 19.1. The largest absolute Gasteiger partial charge is 0.393 e. The number of hydrogen-bond acceptors (Lipinski definition) is 6. The highest BCUT2D eigenvalue weighted by molar-refractivity contribution is 5.98. The van der Waals surface area contributed by atoms with Crippen LogP contribution in [-0.4, -0.2) is 49.0 Å². The molecule has 1 unspecified atom stereocenters. The molecule has 4 rings (SSSR count). The van der Waals surface area contributed by atoms with Crippen molar-refractivity contribution in [2.75, 3.05) is 29.9 Å². The molecule has 0 aliphatic carbocycles. The Hall–Kier alpha value is -3.04. The van der Waals surface area contributed by atoms with E-state index in [1.165, 1.54) is 18.2 Å². The number of piperidine rings is 1. The molecule has 1 amide bonds. The van der Waals surface area contributed by atoms with Gasteiger partial charge in [-0.25, -0.2) is 8.78 Å². The highest BCUT2D eigenvalue weighted by Crippen LogP contribution is 2.34. The zero-order chi connectivity index (χ0) is 22.7. The van der Waals surface area contributed by atoms with Crippen LogP contribution in [0.4, 0.5) is 20.2 Å². The van der Waals surface area contributed by atoms with Crippen LogP contribution in [0.2, 0.25) is 0 Å². The van der Waals surface area contributed by atoms with Crippen LogP contribution >= 0.6 is 0 Å². The summed E-state index contributed by atoms with van der Waals surface area (Å²) in [5, 5.41) is 16.6. The molecule has 2 atom stereocenters. The summed E-state index contributed by atoms with van der Waals surface area (Å²) in [6.07, 6.45) is 2.63. The number of hydrogen-bond donors (Lipinski definition) is 4. The first-order chi connectivity index (χ1) is 15.4. The zero-order valence-corrected chi connectivity index (χ0v) is 17.6. The summed E-state index contributed by atoms with van der Waals surface area (Å²) >= 11 is 0. The second-order valence-corrected chi connectivity index (χ2v) is 8.29. The number of anilines is 2. The van der Waals surface area contributed by atoms with Crippen molar-refractivity contribution in [1.29, 1.82) is 0 Å². The fraction of sp³-hybridized carbons (Fsp3) is 0.391. The summed E-state index contributed by atoms with van der Waals surface area (Å²) < 4.78 is 28.4. The van der Waals surface area contributed by atoms with Gasteiger partial charge in [-0.3, -0.25) is 4.79 Å². The second kappa shape index (κ2) is 9.62. The molecule has 9 heteroatoms. The SMILES string of the molecule is N[C@H](Cc1cccc(F)c1)C(=O)Nc1cc(F)c(C2C=NNC2)cc1N1CCC(O)CC1. The molecule has 1 fully saturated rings. The number of rotatable bonds is 6. The van der Waals surface area contributed by atoms with Gasteiger partial charge >= 0.3 is 0 Å². The molecule has 0 spiro atoms. The quantitative estimate of drug-likeness (QED) is 0.548. The van der Waals surface area contributed by atoms with Crippen LogP contribution < -0.4 is 21.4 Å². The van der Waals surface area contributed by atoms with Crippen LogP contribution in [0.1, 0.15) is 29.9 Å². The molecule has 5 N–H and O–H groups in total. The first kappa shape index (κ1) is 22.2. The minimum Gasteiger partial charge on any atom is -0.393 e. The Morgan fingerprint density at radius 2 is 2.06 bits per heavy atom. The third kappa shape index (κ3) is 5.05. The van der Waals surface area contributed by atoms with Gasteiger partial charge in [-0.05, 0) is 49.1 Å². The summed E-state index contributed by atoms with van der Waals surface area (Å²) in [5.74, 6) is -1.53. The normalized spacial score (nSPS) is 19.6. The van der Waals surface area contributed by atoms with Crippen LogP contribution in [0.3, 0.4) is 0 Å². The highest BCUT2D eigenvalue weighted by Gasteiger charge is 2.26. The van der Waals surface area contributed by atoms with Crippen molar-refractivity contribution in [2.45, 2.75) is 37.3 Å². The molecule has 7 nitrogen and oxygen atoms in total. The number of benzene rings is 2. The standard InChI is InChI=1S/C23H27F2N5O2/c24-16-3-1-2-14(8-16)9-20(26)23(32)29-21-11-19(25)18(15-12-27-28-13-15)10-22(21)30-6-4-17(31)5-7-30/h1-3,8,10-12,15,17,20,28,31H,4-7,9,13,26H2,(H,29,32)/t15?,20-/m1/s1. The van der Waals surface area contributed by atoms with Gasteiger partial charge in [-0.15, -0.1) is 0 Å². The van der Waals surface area contributed by atoms with Crippen molar-refractivity contribution in [3.63, 3.8) is 0 Å². The summed E-state index contributed by atoms with van der Waals surface area (Å²) in [5.41, 5.74) is 11.0. The van der Waals surface area contributed by atoms with Gasteiger partial charge in [0.1, 0.15) is 11.6 Å². The molecule has 2 aliphatic rings. The van der Waals surface area contributed by atoms with E-state index in [9.17, 15) is 18.7 Å². The van der Waals surface area contributed by atoms with Gasteiger partial charge in [0, 0.05) is 37.3 Å². The second-order valence-electron chi connectivity index (χ2n) is 8.29. The lowest BCUT2D eigenvalue weighted by molar-refractivity contribution is -0.117. The van der Waals surface area contributed by atoms with Crippen LogP contribution in [0.5, 0.6) is 0 Å². The lowest BCUT2D eigenvalue weighted by Crippen LogP contribution is -2.39. The molecular formula is C23H27F2N5O2. The fourth-order valence-corrected chi connectivity index (χ4v) is 4.10. The number of aliphatic hydroxyl groups excluding tert-OH is 1. The predicted molar refractivity (Wildman–Crippen MR) is 120 cm³/mol.